The smallest absolute Gasteiger partial charge is 0.338 e. The lowest BCUT2D eigenvalue weighted by Crippen LogP contribution is -2.33. The molecule has 7 heteroatoms. The molecule has 5 nitrogen and oxygen atoms in total. The van der Waals surface area contributed by atoms with Crippen molar-refractivity contribution in [2.75, 3.05) is 5.32 Å². The van der Waals surface area contributed by atoms with Gasteiger partial charge in [0.15, 0.2) is 0 Å². The molecule has 1 unspecified atom stereocenters. The molecule has 0 saturated heterocycles. The molecule has 2 heterocycles. The SMILES string of the molecule is CC.CC1=C(C(=O)OC(C)(C)C)C(c2cccc(Cl)c2Cl)n2nccc2N1. The molecule has 1 aliphatic rings. The molecule has 0 fully saturated rings. The van der Waals surface area contributed by atoms with Gasteiger partial charge in [0.2, 0.25) is 0 Å². The molecule has 1 aromatic carbocycles. The standard InChI is InChI=1S/C18H19Cl2N3O2.C2H6/c1-10-14(17(24)25-18(2,3)4)16(23-13(22-10)8-9-21-23)11-6-5-7-12(19)15(11)20;1-2/h5-9,16,22H,1-4H3;1-2H3. The highest BCUT2D eigenvalue weighted by Crippen LogP contribution is 2.41. The molecular weight excluding hydrogens is 385 g/mol. The van der Waals surface area contributed by atoms with E-state index in [9.17, 15) is 4.79 Å². The number of nitrogens with one attached hydrogen (secondary N) is 1. The van der Waals surface area contributed by atoms with Crippen molar-refractivity contribution in [1.29, 1.82) is 0 Å². The molecule has 0 spiro atoms. The average Bonchev–Trinajstić information content (AvgIpc) is 3.04. The van der Waals surface area contributed by atoms with Gasteiger partial charge in [-0.3, -0.25) is 0 Å². The Hall–Kier alpha value is -1.98. The van der Waals surface area contributed by atoms with Crippen LogP contribution in [-0.4, -0.2) is 21.4 Å². The Morgan fingerprint density at radius 2 is 1.89 bits per heavy atom. The number of esters is 1. The lowest BCUT2D eigenvalue weighted by Gasteiger charge is -2.31. The number of hydrogen-bond donors (Lipinski definition) is 1. The summed E-state index contributed by atoms with van der Waals surface area (Å²) in [5.41, 5.74) is 1.23. The van der Waals surface area contributed by atoms with Crippen LogP contribution in [0.3, 0.4) is 0 Å². The van der Waals surface area contributed by atoms with Crippen LogP contribution >= 0.6 is 23.2 Å². The highest BCUT2D eigenvalue weighted by atomic mass is 35.5. The van der Waals surface area contributed by atoms with Crippen LogP contribution in [0.5, 0.6) is 0 Å². The maximum Gasteiger partial charge on any atom is 0.338 e. The zero-order valence-corrected chi connectivity index (χ0v) is 17.9. The lowest BCUT2D eigenvalue weighted by atomic mass is 9.95. The summed E-state index contributed by atoms with van der Waals surface area (Å²) in [5, 5.41) is 8.37. The molecule has 0 saturated carbocycles. The predicted octanol–water partition coefficient (Wildman–Crippen LogP) is 5.85. The molecule has 1 aliphatic heterocycles. The summed E-state index contributed by atoms with van der Waals surface area (Å²) >= 11 is 12.6. The first-order valence-electron chi connectivity index (χ1n) is 8.87. The van der Waals surface area contributed by atoms with Gasteiger partial charge in [-0.25, -0.2) is 9.48 Å². The van der Waals surface area contributed by atoms with Gasteiger partial charge < -0.3 is 10.1 Å². The van der Waals surface area contributed by atoms with Crippen molar-refractivity contribution in [3.8, 4) is 0 Å². The number of hydrogen-bond acceptors (Lipinski definition) is 4. The number of fused-ring (bicyclic) bond motifs is 1. The van der Waals surface area contributed by atoms with E-state index in [2.05, 4.69) is 10.4 Å². The van der Waals surface area contributed by atoms with Gasteiger partial charge >= 0.3 is 5.97 Å². The zero-order valence-electron chi connectivity index (χ0n) is 16.4. The third-order valence-corrected chi connectivity index (χ3v) is 4.64. The van der Waals surface area contributed by atoms with E-state index in [0.29, 0.717) is 26.9 Å². The fourth-order valence-electron chi connectivity index (χ4n) is 2.82. The van der Waals surface area contributed by atoms with Crippen molar-refractivity contribution < 1.29 is 9.53 Å². The van der Waals surface area contributed by atoms with Crippen LogP contribution in [-0.2, 0) is 9.53 Å². The summed E-state index contributed by atoms with van der Waals surface area (Å²) in [6, 6.07) is 6.67. The van der Waals surface area contributed by atoms with E-state index in [1.165, 1.54) is 0 Å². The molecule has 3 rings (SSSR count). The fraction of sp³-hybridized carbons (Fsp3) is 0.400. The fourth-order valence-corrected chi connectivity index (χ4v) is 3.23. The van der Waals surface area contributed by atoms with Crippen LogP contribution in [0, 0.1) is 0 Å². The van der Waals surface area contributed by atoms with E-state index < -0.39 is 17.6 Å². The summed E-state index contributed by atoms with van der Waals surface area (Å²) in [4.78, 5) is 12.9. The number of aromatic nitrogens is 2. The Morgan fingerprint density at radius 1 is 1.22 bits per heavy atom. The van der Waals surface area contributed by atoms with E-state index in [1.807, 2.05) is 53.7 Å². The van der Waals surface area contributed by atoms with Crippen LogP contribution in [0.4, 0.5) is 5.82 Å². The highest BCUT2D eigenvalue weighted by molar-refractivity contribution is 6.42. The Morgan fingerprint density at radius 3 is 2.52 bits per heavy atom. The zero-order chi connectivity index (χ0) is 20.4. The minimum absolute atomic E-state index is 0.395. The van der Waals surface area contributed by atoms with Gasteiger partial charge in [-0.15, -0.1) is 0 Å². The van der Waals surface area contributed by atoms with Crippen LogP contribution in [0.15, 0.2) is 41.7 Å². The van der Waals surface area contributed by atoms with E-state index in [1.54, 1.807) is 23.0 Å². The lowest BCUT2D eigenvalue weighted by molar-refractivity contribution is -0.150. The summed E-state index contributed by atoms with van der Waals surface area (Å²) in [6.45, 7) is 11.3. The number of allylic oxidation sites excluding steroid dienone is 1. The molecule has 1 atom stereocenters. The van der Waals surface area contributed by atoms with E-state index >= 15 is 0 Å². The number of ether oxygens (including phenoxy) is 1. The number of benzene rings is 1. The second-order valence-electron chi connectivity index (χ2n) is 6.87. The Labute approximate surface area is 170 Å². The molecule has 0 bridgehead atoms. The molecule has 1 aromatic heterocycles. The minimum Gasteiger partial charge on any atom is -0.456 e. The number of halogens is 2. The number of carbonyl (C=O) groups excluding carboxylic acids is 1. The quantitative estimate of drug-likeness (QED) is 0.632. The third kappa shape index (κ3) is 4.47. The minimum atomic E-state index is -0.614. The van der Waals surface area contributed by atoms with Crippen molar-refractivity contribution >= 4 is 35.0 Å². The molecule has 0 radical (unpaired) electrons. The normalized spacial score (nSPS) is 16.1. The van der Waals surface area contributed by atoms with Gasteiger partial charge in [-0.2, -0.15) is 5.10 Å². The maximum atomic E-state index is 12.9. The topological polar surface area (TPSA) is 56.2 Å². The molecule has 0 aliphatic carbocycles. The maximum absolute atomic E-state index is 12.9. The molecule has 27 heavy (non-hydrogen) atoms. The second kappa shape index (κ2) is 8.36. The molecule has 146 valence electrons. The third-order valence-electron chi connectivity index (χ3n) is 3.80. The Kier molecular flexibility index (Phi) is 6.60. The molecule has 1 N–H and O–H groups in total. The Bertz CT molecular complexity index is 866. The highest BCUT2D eigenvalue weighted by Gasteiger charge is 2.36. The summed E-state index contributed by atoms with van der Waals surface area (Å²) in [5.74, 6) is 0.352. The van der Waals surface area contributed by atoms with E-state index in [4.69, 9.17) is 27.9 Å². The van der Waals surface area contributed by atoms with Crippen LogP contribution in [0.2, 0.25) is 10.0 Å². The van der Waals surface area contributed by atoms with Crippen LogP contribution < -0.4 is 5.32 Å². The predicted molar refractivity (Wildman–Crippen MR) is 110 cm³/mol. The first kappa shape index (κ1) is 21.3. The van der Waals surface area contributed by atoms with E-state index in [-0.39, 0.29) is 0 Å². The van der Waals surface area contributed by atoms with Crippen molar-refractivity contribution in [1.82, 2.24) is 9.78 Å². The van der Waals surface area contributed by atoms with Crippen LogP contribution in [0.1, 0.15) is 53.1 Å². The molecule has 2 aromatic rings. The van der Waals surface area contributed by atoms with Gasteiger partial charge in [-0.05, 0) is 33.8 Å². The summed E-state index contributed by atoms with van der Waals surface area (Å²) < 4.78 is 7.32. The summed E-state index contributed by atoms with van der Waals surface area (Å²) in [6.07, 6.45) is 1.67. The average molecular weight is 410 g/mol. The first-order valence-corrected chi connectivity index (χ1v) is 9.63. The van der Waals surface area contributed by atoms with Gasteiger partial charge in [0.25, 0.3) is 0 Å². The van der Waals surface area contributed by atoms with Gasteiger partial charge in [0.05, 0.1) is 21.8 Å². The monoisotopic (exact) mass is 409 g/mol. The molecule has 0 amide bonds. The van der Waals surface area contributed by atoms with Gasteiger partial charge in [0, 0.05) is 17.3 Å². The molecular formula is C20H25Cl2N3O2. The largest absolute Gasteiger partial charge is 0.456 e. The van der Waals surface area contributed by atoms with Crippen molar-refractivity contribution in [2.45, 2.75) is 53.2 Å². The number of rotatable bonds is 2. The van der Waals surface area contributed by atoms with Crippen molar-refractivity contribution in [2.24, 2.45) is 0 Å². The van der Waals surface area contributed by atoms with Gasteiger partial charge in [-0.1, -0.05) is 49.2 Å². The van der Waals surface area contributed by atoms with Crippen molar-refractivity contribution in [3.63, 3.8) is 0 Å². The number of nitrogens with zero attached hydrogens (tertiary/aromatic N) is 2. The second-order valence-corrected chi connectivity index (χ2v) is 7.66. The van der Waals surface area contributed by atoms with Crippen LogP contribution in [0.25, 0.3) is 0 Å². The van der Waals surface area contributed by atoms with Crippen molar-refractivity contribution in [3.05, 3.63) is 57.3 Å². The number of anilines is 1. The van der Waals surface area contributed by atoms with E-state index in [0.717, 1.165) is 5.82 Å². The summed E-state index contributed by atoms with van der Waals surface area (Å²) in [7, 11) is 0. The Balaban J connectivity index is 0.00000126. The first-order chi connectivity index (χ1) is 12.7. The number of carbonyl (C=O) groups is 1. The van der Waals surface area contributed by atoms with Gasteiger partial charge in [0.1, 0.15) is 17.5 Å².